The van der Waals surface area contributed by atoms with Gasteiger partial charge in [-0.05, 0) is 25.2 Å². The van der Waals surface area contributed by atoms with Gasteiger partial charge in [-0.3, -0.25) is 0 Å². The highest BCUT2D eigenvalue weighted by Crippen LogP contribution is 2.19. The first kappa shape index (κ1) is 9.22. The van der Waals surface area contributed by atoms with Crippen LogP contribution in [0.4, 0.5) is 0 Å². The summed E-state index contributed by atoms with van der Waals surface area (Å²) < 4.78 is 0. The van der Waals surface area contributed by atoms with Crippen LogP contribution in [-0.4, -0.2) is 37.6 Å². The number of nitrogens with one attached hydrogen (secondary N) is 1. The monoisotopic (exact) mass is 180 g/mol. The highest BCUT2D eigenvalue weighted by Gasteiger charge is 2.16. The summed E-state index contributed by atoms with van der Waals surface area (Å²) in [6.45, 7) is 6.19. The Labute approximate surface area is 81.0 Å². The van der Waals surface area contributed by atoms with Gasteiger partial charge in [-0.2, -0.15) is 0 Å². The molecule has 2 nitrogen and oxygen atoms in total. The number of nitrogens with zero attached hydrogens (tertiary/aromatic N) is 1. The highest BCUT2D eigenvalue weighted by molar-refractivity contribution is 4.91. The zero-order valence-electron chi connectivity index (χ0n) is 8.34. The summed E-state index contributed by atoms with van der Waals surface area (Å²) in [6, 6.07) is 0. The van der Waals surface area contributed by atoms with Gasteiger partial charge < -0.3 is 10.2 Å². The summed E-state index contributed by atoms with van der Waals surface area (Å²) >= 11 is 0. The van der Waals surface area contributed by atoms with Crippen LogP contribution in [0, 0.1) is 5.92 Å². The van der Waals surface area contributed by atoms with Gasteiger partial charge in [0.25, 0.3) is 0 Å². The zero-order chi connectivity index (χ0) is 8.93. The molecule has 0 aromatic rings. The molecule has 0 bridgehead atoms. The lowest BCUT2D eigenvalue weighted by Gasteiger charge is -2.31. The molecule has 0 amide bonds. The van der Waals surface area contributed by atoms with E-state index in [0.29, 0.717) is 0 Å². The third kappa shape index (κ3) is 2.82. The lowest BCUT2D eigenvalue weighted by atomic mass is 9.94. The predicted octanol–water partition coefficient (Wildman–Crippen LogP) is 1.25. The minimum absolute atomic E-state index is 0.933. The second-order valence-corrected chi connectivity index (χ2v) is 4.20. The highest BCUT2D eigenvalue weighted by atomic mass is 15.2. The number of piperazine rings is 1. The van der Waals surface area contributed by atoms with Gasteiger partial charge >= 0.3 is 0 Å². The molecule has 0 aromatic heterocycles. The topological polar surface area (TPSA) is 15.3 Å². The second-order valence-electron chi connectivity index (χ2n) is 4.20. The van der Waals surface area contributed by atoms with Crippen LogP contribution in [0.3, 0.4) is 0 Å². The molecule has 1 fully saturated rings. The smallest absolute Gasteiger partial charge is 0.0107 e. The van der Waals surface area contributed by atoms with E-state index in [-0.39, 0.29) is 0 Å². The van der Waals surface area contributed by atoms with Crippen LogP contribution in [0.25, 0.3) is 0 Å². The van der Waals surface area contributed by atoms with Crippen molar-refractivity contribution in [2.24, 2.45) is 5.92 Å². The number of allylic oxidation sites excluding steroid dienone is 2. The van der Waals surface area contributed by atoms with E-state index in [1.165, 1.54) is 52.0 Å². The molecule has 1 N–H and O–H groups in total. The predicted molar refractivity (Wildman–Crippen MR) is 55.8 cm³/mol. The fourth-order valence-corrected chi connectivity index (χ4v) is 2.28. The molecule has 0 aromatic carbocycles. The second kappa shape index (κ2) is 4.77. The Kier molecular flexibility index (Phi) is 3.39. The Morgan fingerprint density at radius 1 is 1.23 bits per heavy atom. The van der Waals surface area contributed by atoms with Gasteiger partial charge in [0.05, 0.1) is 0 Å². The van der Waals surface area contributed by atoms with Crippen molar-refractivity contribution >= 4 is 0 Å². The fourth-order valence-electron chi connectivity index (χ4n) is 2.28. The van der Waals surface area contributed by atoms with E-state index in [0.717, 1.165) is 5.92 Å². The van der Waals surface area contributed by atoms with Crippen LogP contribution in [0.1, 0.15) is 19.3 Å². The van der Waals surface area contributed by atoms with E-state index >= 15 is 0 Å². The Bertz CT molecular complexity index is 171. The van der Waals surface area contributed by atoms with Gasteiger partial charge in [0, 0.05) is 32.7 Å². The average Bonchev–Trinajstić information content (AvgIpc) is 2.21. The van der Waals surface area contributed by atoms with Crippen molar-refractivity contribution in [3.8, 4) is 0 Å². The average molecular weight is 180 g/mol. The van der Waals surface area contributed by atoms with E-state index in [4.69, 9.17) is 0 Å². The van der Waals surface area contributed by atoms with Crippen molar-refractivity contribution in [1.82, 2.24) is 10.2 Å². The molecule has 2 aliphatic rings. The van der Waals surface area contributed by atoms with E-state index < -0.39 is 0 Å². The van der Waals surface area contributed by atoms with Crippen molar-refractivity contribution in [2.45, 2.75) is 19.3 Å². The van der Waals surface area contributed by atoms with Crippen LogP contribution in [0.15, 0.2) is 12.2 Å². The summed E-state index contributed by atoms with van der Waals surface area (Å²) in [5, 5.41) is 3.40. The molecule has 0 saturated carbocycles. The van der Waals surface area contributed by atoms with Crippen molar-refractivity contribution in [3.63, 3.8) is 0 Å². The van der Waals surface area contributed by atoms with Gasteiger partial charge in [0.1, 0.15) is 0 Å². The van der Waals surface area contributed by atoms with Crippen LogP contribution < -0.4 is 5.32 Å². The first-order valence-corrected chi connectivity index (χ1v) is 5.53. The third-order valence-corrected chi connectivity index (χ3v) is 3.10. The molecule has 1 aliphatic carbocycles. The van der Waals surface area contributed by atoms with Gasteiger partial charge in [-0.1, -0.05) is 12.2 Å². The maximum absolute atomic E-state index is 3.40. The summed E-state index contributed by atoms with van der Waals surface area (Å²) in [7, 11) is 0. The largest absolute Gasteiger partial charge is 0.314 e. The van der Waals surface area contributed by atoms with Crippen molar-refractivity contribution in [2.75, 3.05) is 32.7 Å². The zero-order valence-corrected chi connectivity index (χ0v) is 8.34. The first-order valence-electron chi connectivity index (χ1n) is 5.53. The molecule has 1 atom stereocenters. The van der Waals surface area contributed by atoms with Crippen LogP contribution in [0.5, 0.6) is 0 Å². The standard InChI is InChI=1S/C11H20N2/c1-2-4-11(5-3-1)10-13-8-6-12-7-9-13/h1-2,11-12H,3-10H2/t11-/m1/s1. The van der Waals surface area contributed by atoms with Crippen molar-refractivity contribution in [1.29, 1.82) is 0 Å². The number of rotatable bonds is 2. The molecule has 1 aliphatic heterocycles. The quantitative estimate of drug-likeness (QED) is 0.643. The molecule has 74 valence electrons. The molecule has 0 radical (unpaired) electrons. The first-order chi connectivity index (χ1) is 6.45. The summed E-state index contributed by atoms with van der Waals surface area (Å²) in [5.41, 5.74) is 0. The molecule has 1 heterocycles. The lowest BCUT2D eigenvalue weighted by Crippen LogP contribution is -2.45. The third-order valence-electron chi connectivity index (χ3n) is 3.10. The van der Waals surface area contributed by atoms with Gasteiger partial charge in [0.2, 0.25) is 0 Å². The Morgan fingerprint density at radius 3 is 2.77 bits per heavy atom. The molecule has 13 heavy (non-hydrogen) atoms. The van der Waals surface area contributed by atoms with E-state index in [2.05, 4.69) is 22.4 Å². The van der Waals surface area contributed by atoms with Gasteiger partial charge in [-0.15, -0.1) is 0 Å². The van der Waals surface area contributed by atoms with E-state index in [9.17, 15) is 0 Å². The minimum Gasteiger partial charge on any atom is -0.314 e. The molecule has 2 rings (SSSR count). The minimum atomic E-state index is 0.933. The molecule has 0 unspecified atom stereocenters. The lowest BCUT2D eigenvalue weighted by molar-refractivity contribution is 0.199. The van der Waals surface area contributed by atoms with Crippen LogP contribution in [-0.2, 0) is 0 Å². The maximum Gasteiger partial charge on any atom is 0.0107 e. The van der Waals surface area contributed by atoms with Crippen molar-refractivity contribution < 1.29 is 0 Å². The molecule has 2 heteroatoms. The Balaban J connectivity index is 1.72. The number of hydrogen-bond acceptors (Lipinski definition) is 2. The summed E-state index contributed by atoms with van der Waals surface area (Å²) in [4.78, 5) is 2.61. The van der Waals surface area contributed by atoms with Crippen LogP contribution in [0.2, 0.25) is 0 Å². The number of hydrogen-bond donors (Lipinski definition) is 1. The maximum atomic E-state index is 3.40. The van der Waals surface area contributed by atoms with Gasteiger partial charge in [0.15, 0.2) is 0 Å². The molecular formula is C11H20N2. The van der Waals surface area contributed by atoms with Crippen LogP contribution >= 0.6 is 0 Å². The Hall–Kier alpha value is -0.340. The molecule has 0 spiro atoms. The van der Waals surface area contributed by atoms with Gasteiger partial charge in [-0.25, -0.2) is 0 Å². The normalized spacial score (nSPS) is 30.6. The SMILES string of the molecule is C1=CC[C@@H](CN2CCNCC2)CC1. The van der Waals surface area contributed by atoms with E-state index in [1.54, 1.807) is 0 Å². The fraction of sp³-hybridized carbons (Fsp3) is 0.818. The van der Waals surface area contributed by atoms with E-state index in [1.807, 2.05) is 0 Å². The molecular weight excluding hydrogens is 160 g/mol. The summed E-state index contributed by atoms with van der Waals surface area (Å²) in [6.07, 6.45) is 8.70. The summed E-state index contributed by atoms with van der Waals surface area (Å²) in [5.74, 6) is 0.933. The van der Waals surface area contributed by atoms with Crippen molar-refractivity contribution in [3.05, 3.63) is 12.2 Å². The Morgan fingerprint density at radius 2 is 2.08 bits per heavy atom. The molecule has 1 saturated heterocycles.